The SMILES string of the molecule is COc1cc(C)nc(NC(=O)c2cnc(C)cc2N)n1. The minimum atomic E-state index is -0.414. The Bertz CT molecular complexity index is 657. The van der Waals surface area contributed by atoms with Crippen LogP contribution in [0.2, 0.25) is 0 Å². The van der Waals surface area contributed by atoms with Crippen LogP contribution in [0.3, 0.4) is 0 Å². The number of ether oxygens (including phenoxy) is 1. The molecular formula is C13H15N5O2. The summed E-state index contributed by atoms with van der Waals surface area (Å²) in [6.07, 6.45) is 1.42. The normalized spacial score (nSPS) is 10.2. The van der Waals surface area contributed by atoms with Gasteiger partial charge in [0.25, 0.3) is 5.91 Å². The zero-order chi connectivity index (χ0) is 14.7. The third-order valence-corrected chi connectivity index (χ3v) is 2.58. The standard InChI is InChI=1S/C13H15N5O2/c1-7-4-10(14)9(6-15-7)12(19)18-13-16-8(2)5-11(17-13)20-3/h4-6H,1-3H3,(H2,14,15)(H,16,17,18,19). The monoisotopic (exact) mass is 273 g/mol. The summed E-state index contributed by atoms with van der Waals surface area (Å²) in [6.45, 7) is 3.58. The summed E-state index contributed by atoms with van der Waals surface area (Å²) in [7, 11) is 1.50. The van der Waals surface area contributed by atoms with E-state index in [4.69, 9.17) is 10.5 Å². The van der Waals surface area contributed by atoms with Gasteiger partial charge in [-0.05, 0) is 19.9 Å². The topological polar surface area (TPSA) is 103 Å². The van der Waals surface area contributed by atoms with Crippen LogP contribution in [0.15, 0.2) is 18.3 Å². The lowest BCUT2D eigenvalue weighted by Crippen LogP contribution is -2.17. The van der Waals surface area contributed by atoms with E-state index in [0.717, 1.165) is 5.69 Å². The van der Waals surface area contributed by atoms with Crippen molar-refractivity contribution in [2.24, 2.45) is 0 Å². The molecular weight excluding hydrogens is 258 g/mol. The molecule has 1 amide bonds. The van der Waals surface area contributed by atoms with Crippen LogP contribution in [0.25, 0.3) is 0 Å². The van der Waals surface area contributed by atoms with Crippen LogP contribution in [0.1, 0.15) is 21.7 Å². The van der Waals surface area contributed by atoms with Gasteiger partial charge in [0.1, 0.15) is 0 Å². The number of anilines is 2. The molecule has 3 N–H and O–H groups in total. The van der Waals surface area contributed by atoms with Crippen molar-refractivity contribution in [2.45, 2.75) is 13.8 Å². The number of pyridine rings is 1. The molecule has 7 heteroatoms. The number of aromatic nitrogens is 3. The lowest BCUT2D eigenvalue weighted by atomic mass is 10.2. The van der Waals surface area contributed by atoms with E-state index in [1.165, 1.54) is 13.3 Å². The van der Waals surface area contributed by atoms with Gasteiger partial charge in [-0.2, -0.15) is 4.98 Å². The van der Waals surface area contributed by atoms with Crippen molar-refractivity contribution in [3.05, 3.63) is 35.3 Å². The van der Waals surface area contributed by atoms with Crippen molar-refractivity contribution < 1.29 is 9.53 Å². The highest BCUT2D eigenvalue weighted by Crippen LogP contribution is 2.15. The number of nitrogens with one attached hydrogen (secondary N) is 1. The Morgan fingerprint density at radius 1 is 1.25 bits per heavy atom. The fourth-order valence-electron chi connectivity index (χ4n) is 1.64. The second kappa shape index (κ2) is 5.52. The summed E-state index contributed by atoms with van der Waals surface area (Å²) >= 11 is 0. The number of aryl methyl sites for hydroxylation is 2. The van der Waals surface area contributed by atoms with Crippen molar-refractivity contribution in [2.75, 3.05) is 18.2 Å². The molecule has 0 fully saturated rings. The first-order valence-electron chi connectivity index (χ1n) is 5.92. The number of hydrogen-bond donors (Lipinski definition) is 2. The number of amides is 1. The number of nitrogens with two attached hydrogens (primary N) is 1. The molecule has 0 atom stereocenters. The smallest absolute Gasteiger partial charge is 0.261 e. The fourth-order valence-corrected chi connectivity index (χ4v) is 1.64. The third kappa shape index (κ3) is 3.00. The molecule has 0 spiro atoms. The van der Waals surface area contributed by atoms with Gasteiger partial charge in [0.2, 0.25) is 11.8 Å². The zero-order valence-electron chi connectivity index (χ0n) is 11.5. The number of carbonyl (C=O) groups excluding carboxylic acids is 1. The Morgan fingerprint density at radius 2 is 2.00 bits per heavy atom. The summed E-state index contributed by atoms with van der Waals surface area (Å²) in [6, 6.07) is 3.30. The zero-order valence-corrected chi connectivity index (χ0v) is 11.5. The van der Waals surface area contributed by atoms with Gasteiger partial charge in [-0.15, -0.1) is 0 Å². The first-order chi connectivity index (χ1) is 9.49. The molecule has 0 radical (unpaired) electrons. The van der Waals surface area contributed by atoms with Gasteiger partial charge in [0.15, 0.2) is 0 Å². The molecule has 0 saturated heterocycles. The Balaban J connectivity index is 2.25. The minimum Gasteiger partial charge on any atom is -0.481 e. The molecule has 0 saturated carbocycles. The average molecular weight is 273 g/mol. The molecule has 0 aromatic carbocycles. The molecule has 104 valence electrons. The summed E-state index contributed by atoms with van der Waals surface area (Å²) < 4.78 is 5.02. The van der Waals surface area contributed by atoms with Crippen LogP contribution in [0.4, 0.5) is 11.6 Å². The van der Waals surface area contributed by atoms with E-state index in [1.807, 2.05) is 0 Å². The van der Waals surface area contributed by atoms with E-state index in [9.17, 15) is 4.79 Å². The Morgan fingerprint density at radius 3 is 2.65 bits per heavy atom. The third-order valence-electron chi connectivity index (χ3n) is 2.58. The van der Waals surface area contributed by atoms with Crippen molar-refractivity contribution >= 4 is 17.5 Å². The summed E-state index contributed by atoms with van der Waals surface area (Å²) in [5.41, 5.74) is 7.85. The van der Waals surface area contributed by atoms with Crippen LogP contribution in [0.5, 0.6) is 5.88 Å². The molecule has 0 aliphatic carbocycles. The average Bonchev–Trinajstić information content (AvgIpc) is 2.37. The fraction of sp³-hybridized carbons (Fsp3) is 0.231. The van der Waals surface area contributed by atoms with E-state index in [2.05, 4.69) is 20.3 Å². The first kappa shape index (κ1) is 13.7. The predicted molar refractivity (Wildman–Crippen MR) is 74.7 cm³/mol. The van der Waals surface area contributed by atoms with E-state index >= 15 is 0 Å². The van der Waals surface area contributed by atoms with Gasteiger partial charge in [-0.3, -0.25) is 15.1 Å². The summed E-state index contributed by atoms with van der Waals surface area (Å²) in [5.74, 6) is 0.122. The maximum absolute atomic E-state index is 12.1. The van der Waals surface area contributed by atoms with Crippen molar-refractivity contribution in [1.29, 1.82) is 0 Å². The number of nitrogens with zero attached hydrogens (tertiary/aromatic N) is 3. The highest BCUT2D eigenvalue weighted by Gasteiger charge is 2.13. The van der Waals surface area contributed by atoms with Gasteiger partial charge >= 0.3 is 0 Å². The van der Waals surface area contributed by atoms with Crippen LogP contribution >= 0.6 is 0 Å². The Hall–Kier alpha value is -2.70. The predicted octanol–water partition coefficient (Wildman–Crippen LogP) is 1.33. The molecule has 0 aliphatic heterocycles. The van der Waals surface area contributed by atoms with Crippen LogP contribution in [0, 0.1) is 13.8 Å². The highest BCUT2D eigenvalue weighted by atomic mass is 16.5. The molecule has 2 aromatic rings. The lowest BCUT2D eigenvalue weighted by Gasteiger charge is -2.08. The van der Waals surface area contributed by atoms with Crippen molar-refractivity contribution in [3.63, 3.8) is 0 Å². The number of methoxy groups -OCH3 is 1. The highest BCUT2D eigenvalue weighted by molar-refractivity contribution is 6.06. The van der Waals surface area contributed by atoms with Gasteiger partial charge < -0.3 is 10.5 Å². The van der Waals surface area contributed by atoms with Crippen LogP contribution in [-0.2, 0) is 0 Å². The Kier molecular flexibility index (Phi) is 3.79. The van der Waals surface area contributed by atoms with Crippen molar-refractivity contribution in [3.8, 4) is 5.88 Å². The number of nitrogen functional groups attached to an aromatic ring is 1. The molecule has 0 bridgehead atoms. The molecule has 0 unspecified atom stereocenters. The quantitative estimate of drug-likeness (QED) is 0.874. The summed E-state index contributed by atoms with van der Waals surface area (Å²) in [5, 5.41) is 2.57. The maximum atomic E-state index is 12.1. The van der Waals surface area contributed by atoms with Crippen molar-refractivity contribution in [1.82, 2.24) is 15.0 Å². The summed E-state index contributed by atoms with van der Waals surface area (Å²) in [4.78, 5) is 24.3. The molecule has 0 aliphatic rings. The Labute approximate surface area is 116 Å². The number of rotatable bonds is 3. The lowest BCUT2D eigenvalue weighted by molar-refractivity contribution is 0.102. The first-order valence-corrected chi connectivity index (χ1v) is 5.92. The van der Waals surface area contributed by atoms with E-state index < -0.39 is 5.91 Å². The van der Waals surface area contributed by atoms with Gasteiger partial charge in [-0.25, -0.2) is 4.98 Å². The van der Waals surface area contributed by atoms with Gasteiger partial charge in [0.05, 0.1) is 12.7 Å². The van der Waals surface area contributed by atoms with E-state index in [0.29, 0.717) is 17.3 Å². The molecule has 2 rings (SSSR count). The second-order valence-corrected chi connectivity index (χ2v) is 4.24. The molecule has 2 aromatic heterocycles. The van der Waals surface area contributed by atoms with E-state index in [1.54, 1.807) is 26.0 Å². The molecule has 20 heavy (non-hydrogen) atoms. The van der Waals surface area contributed by atoms with Crippen LogP contribution in [-0.4, -0.2) is 28.0 Å². The van der Waals surface area contributed by atoms with Gasteiger partial charge in [-0.1, -0.05) is 0 Å². The number of carbonyl (C=O) groups is 1. The number of hydrogen-bond acceptors (Lipinski definition) is 6. The van der Waals surface area contributed by atoms with E-state index in [-0.39, 0.29) is 11.5 Å². The largest absolute Gasteiger partial charge is 0.481 e. The molecule has 2 heterocycles. The maximum Gasteiger partial charge on any atom is 0.261 e. The van der Waals surface area contributed by atoms with Gasteiger partial charge in [0, 0.05) is 29.3 Å². The van der Waals surface area contributed by atoms with Crippen LogP contribution < -0.4 is 15.8 Å². The minimum absolute atomic E-state index is 0.159. The molecule has 7 nitrogen and oxygen atoms in total. The second-order valence-electron chi connectivity index (χ2n) is 4.24.